The second-order valence-corrected chi connectivity index (χ2v) is 9.10. The molecule has 1 aromatic carbocycles. The highest BCUT2D eigenvalue weighted by Gasteiger charge is 2.26. The van der Waals surface area contributed by atoms with Crippen LogP contribution in [0, 0.1) is 0 Å². The lowest BCUT2D eigenvalue weighted by molar-refractivity contribution is 0.0240. The fourth-order valence-electron chi connectivity index (χ4n) is 3.71. The molecule has 11 heteroatoms. The van der Waals surface area contributed by atoms with E-state index in [0.717, 1.165) is 10.9 Å². The van der Waals surface area contributed by atoms with E-state index in [-0.39, 0.29) is 12.0 Å². The molecular weight excluding hydrogens is 438 g/mol. The number of amides is 2. The van der Waals surface area contributed by atoms with Crippen molar-refractivity contribution in [3.8, 4) is 5.75 Å². The summed E-state index contributed by atoms with van der Waals surface area (Å²) in [5.74, 6) is 1.08. The van der Waals surface area contributed by atoms with E-state index in [1.807, 2.05) is 38.9 Å². The Kier molecular flexibility index (Phi) is 6.27. The van der Waals surface area contributed by atoms with Gasteiger partial charge in [0.2, 0.25) is 0 Å². The number of hydrogen-bond donors (Lipinski definition) is 1. The summed E-state index contributed by atoms with van der Waals surface area (Å²) >= 11 is 0. The first-order chi connectivity index (χ1) is 16.1. The van der Waals surface area contributed by atoms with Crippen LogP contribution in [-0.4, -0.2) is 75.8 Å². The first-order valence-electron chi connectivity index (χ1n) is 11.0. The molecule has 3 heterocycles. The number of nitrogens with one attached hydrogen (secondary N) is 1. The van der Waals surface area contributed by atoms with E-state index in [4.69, 9.17) is 9.47 Å². The van der Waals surface area contributed by atoms with Gasteiger partial charge in [-0.1, -0.05) is 0 Å². The van der Waals surface area contributed by atoms with Crippen molar-refractivity contribution >= 4 is 34.5 Å². The molecule has 2 aromatic heterocycles. The summed E-state index contributed by atoms with van der Waals surface area (Å²) in [6.45, 7) is 7.85. The molecule has 3 aromatic rings. The average molecular weight is 468 g/mol. The van der Waals surface area contributed by atoms with Crippen LogP contribution in [0.2, 0.25) is 0 Å². The van der Waals surface area contributed by atoms with Crippen LogP contribution < -0.4 is 15.0 Å². The zero-order valence-electron chi connectivity index (χ0n) is 20.0. The van der Waals surface area contributed by atoms with Gasteiger partial charge in [0, 0.05) is 50.9 Å². The molecule has 1 N–H and O–H groups in total. The zero-order chi connectivity index (χ0) is 24.5. The standard InChI is InChI=1S/C23H29N7O4/c1-23(2,3)34-22(32)30-10-8-29(9-11-30)20-7-6-19(25-26-20)24-21(31)16-12-15-14-28(4)27-17(15)13-18(16)33-5/h6-7,12-14H,8-11H2,1-5H3,(H,24,25,31). The number of aryl methyl sites for hydroxylation is 1. The maximum Gasteiger partial charge on any atom is 0.410 e. The summed E-state index contributed by atoms with van der Waals surface area (Å²) in [5.41, 5.74) is 0.604. The Labute approximate surface area is 197 Å². The molecule has 0 spiro atoms. The summed E-state index contributed by atoms with van der Waals surface area (Å²) in [6, 6.07) is 6.97. The number of carbonyl (C=O) groups is 2. The maximum atomic E-state index is 12.9. The van der Waals surface area contributed by atoms with Gasteiger partial charge in [-0.3, -0.25) is 9.48 Å². The molecular formula is C23H29N7O4. The molecule has 1 saturated heterocycles. The number of aromatic nitrogens is 4. The molecule has 0 unspecified atom stereocenters. The second kappa shape index (κ2) is 9.16. The van der Waals surface area contributed by atoms with Crippen LogP contribution in [0.5, 0.6) is 5.75 Å². The van der Waals surface area contributed by atoms with Crippen molar-refractivity contribution in [3.05, 3.63) is 36.0 Å². The molecule has 0 aliphatic carbocycles. The number of benzene rings is 1. The molecule has 11 nitrogen and oxygen atoms in total. The molecule has 1 aliphatic heterocycles. The zero-order valence-corrected chi connectivity index (χ0v) is 20.0. The minimum atomic E-state index is -0.520. The van der Waals surface area contributed by atoms with E-state index in [1.54, 1.807) is 33.8 Å². The van der Waals surface area contributed by atoms with Gasteiger partial charge >= 0.3 is 6.09 Å². The topological polar surface area (TPSA) is 115 Å². The van der Waals surface area contributed by atoms with Crippen molar-refractivity contribution in [1.29, 1.82) is 0 Å². The Morgan fingerprint density at radius 3 is 2.41 bits per heavy atom. The van der Waals surface area contributed by atoms with Crippen molar-refractivity contribution in [2.45, 2.75) is 26.4 Å². The van der Waals surface area contributed by atoms with Crippen molar-refractivity contribution in [2.75, 3.05) is 43.5 Å². The van der Waals surface area contributed by atoms with E-state index < -0.39 is 5.60 Å². The molecule has 2 amide bonds. The number of methoxy groups -OCH3 is 1. The van der Waals surface area contributed by atoms with E-state index in [9.17, 15) is 9.59 Å². The highest BCUT2D eigenvalue weighted by molar-refractivity contribution is 6.08. The number of carbonyl (C=O) groups excluding carboxylic acids is 2. The molecule has 34 heavy (non-hydrogen) atoms. The monoisotopic (exact) mass is 467 g/mol. The van der Waals surface area contributed by atoms with Gasteiger partial charge in [-0.25, -0.2) is 4.79 Å². The van der Waals surface area contributed by atoms with Gasteiger partial charge in [-0.05, 0) is 39.0 Å². The van der Waals surface area contributed by atoms with Gasteiger partial charge in [0.15, 0.2) is 11.6 Å². The fraction of sp³-hybridized carbons (Fsp3) is 0.435. The van der Waals surface area contributed by atoms with E-state index >= 15 is 0 Å². The molecule has 0 saturated carbocycles. The van der Waals surface area contributed by atoms with Crippen LogP contribution in [0.15, 0.2) is 30.5 Å². The normalized spacial score (nSPS) is 14.3. The van der Waals surface area contributed by atoms with Crippen molar-refractivity contribution in [3.63, 3.8) is 0 Å². The number of anilines is 2. The number of fused-ring (bicyclic) bond motifs is 1. The molecule has 0 radical (unpaired) electrons. The number of nitrogens with zero attached hydrogens (tertiary/aromatic N) is 6. The Bertz CT molecular complexity index is 1190. The molecule has 0 bridgehead atoms. The molecule has 1 fully saturated rings. The lowest BCUT2D eigenvalue weighted by Crippen LogP contribution is -2.50. The van der Waals surface area contributed by atoms with Crippen molar-refractivity contribution in [2.24, 2.45) is 7.05 Å². The predicted octanol–water partition coefficient (Wildman–Crippen LogP) is 2.68. The summed E-state index contributed by atoms with van der Waals surface area (Å²) in [5, 5.41) is 16.4. The number of hydrogen-bond acceptors (Lipinski definition) is 8. The largest absolute Gasteiger partial charge is 0.496 e. The van der Waals surface area contributed by atoms with E-state index in [0.29, 0.717) is 49.1 Å². The average Bonchev–Trinajstić information content (AvgIpc) is 3.16. The first kappa shape index (κ1) is 23.3. The van der Waals surface area contributed by atoms with Crippen LogP contribution in [-0.2, 0) is 11.8 Å². The minimum Gasteiger partial charge on any atom is -0.496 e. The van der Waals surface area contributed by atoms with Crippen LogP contribution in [0.4, 0.5) is 16.4 Å². The SMILES string of the molecule is COc1cc2nn(C)cc2cc1C(=O)Nc1ccc(N2CCN(C(=O)OC(C)(C)C)CC2)nn1. The lowest BCUT2D eigenvalue weighted by Gasteiger charge is -2.35. The van der Waals surface area contributed by atoms with Crippen molar-refractivity contribution in [1.82, 2.24) is 24.9 Å². The Morgan fingerprint density at radius 2 is 1.79 bits per heavy atom. The smallest absolute Gasteiger partial charge is 0.410 e. The van der Waals surface area contributed by atoms with Gasteiger partial charge in [-0.2, -0.15) is 5.10 Å². The van der Waals surface area contributed by atoms with Gasteiger partial charge in [0.25, 0.3) is 5.91 Å². The van der Waals surface area contributed by atoms with Gasteiger partial charge < -0.3 is 24.6 Å². The Balaban J connectivity index is 1.39. The molecule has 4 rings (SSSR count). The van der Waals surface area contributed by atoms with E-state index in [2.05, 4.69) is 20.6 Å². The summed E-state index contributed by atoms with van der Waals surface area (Å²) in [4.78, 5) is 28.9. The third-order valence-electron chi connectivity index (χ3n) is 5.33. The van der Waals surface area contributed by atoms with Crippen LogP contribution in [0.1, 0.15) is 31.1 Å². The predicted molar refractivity (Wildman–Crippen MR) is 127 cm³/mol. The first-order valence-corrected chi connectivity index (χ1v) is 11.0. The summed E-state index contributed by atoms with van der Waals surface area (Å²) in [7, 11) is 3.33. The van der Waals surface area contributed by atoms with Crippen LogP contribution in [0.25, 0.3) is 10.9 Å². The minimum absolute atomic E-state index is 0.309. The van der Waals surface area contributed by atoms with E-state index in [1.165, 1.54) is 7.11 Å². The van der Waals surface area contributed by atoms with Gasteiger partial charge in [0.05, 0.1) is 18.2 Å². The van der Waals surface area contributed by atoms with Gasteiger partial charge in [0.1, 0.15) is 11.4 Å². The molecule has 1 aliphatic rings. The number of rotatable bonds is 4. The van der Waals surface area contributed by atoms with Gasteiger partial charge in [-0.15, -0.1) is 10.2 Å². The number of ether oxygens (including phenoxy) is 2. The quantitative estimate of drug-likeness (QED) is 0.623. The third-order valence-corrected chi connectivity index (χ3v) is 5.33. The lowest BCUT2D eigenvalue weighted by atomic mass is 10.1. The second-order valence-electron chi connectivity index (χ2n) is 9.10. The Hall–Kier alpha value is -3.89. The van der Waals surface area contributed by atoms with Crippen LogP contribution >= 0.6 is 0 Å². The molecule has 180 valence electrons. The highest BCUT2D eigenvalue weighted by Crippen LogP contribution is 2.26. The third kappa shape index (κ3) is 5.19. The number of piperazine rings is 1. The Morgan fingerprint density at radius 1 is 1.06 bits per heavy atom. The van der Waals surface area contributed by atoms with Crippen LogP contribution in [0.3, 0.4) is 0 Å². The fourth-order valence-corrected chi connectivity index (χ4v) is 3.71. The molecule has 0 atom stereocenters. The van der Waals surface area contributed by atoms with Crippen molar-refractivity contribution < 1.29 is 19.1 Å². The summed E-state index contributed by atoms with van der Waals surface area (Å²) < 4.78 is 12.5. The summed E-state index contributed by atoms with van der Waals surface area (Å²) in [6.07, 6.45) is 1.53. The maximum absolute atomic E-state index is 12.9. The highest BCUT2D eigenvalue weighted by atomic mass is 16.6.